The van der Waals surface area contributed by atoms with Crippen LogP contribution in [0.4, 0.5) is 0 Å². The molecule has 0 fully saturated rings. The molecule has 0 atom stereocenters. The molecule has 23 heavy (non-hydrogen) atoms. The molecule has 0 saturated carbocycles. The third-order valence-electron chi connectivity index (χ3n) is 3.46. The summed E-state index contributed by atoms with van der Waals surface area (Å²) in [4.78, 5) is 12.3. The quantitative estimate of drug-likeness (QED) is 0.785. The van der Waals surface area contributed by atoms with Gasteiger partial charge < -0.3 is 14.8 Å². The molecule has 6 heteroatoms. The lowest BCUT2D eigenvalue weighted by molar-refractivity contribution is 0.0949. The van der Waals surface area contributed by atoms with E-state index >= 15 is 0 Å². The molecule has 2 aromatic heterocycles. The van der Waals surface area contributed by atoms with E-state index in [2.05, 4.69) is 10.4 Å². The molecule has 3 aromatic rings. The summed E-state index contributed by atoms with van der Waals surface area (Å²) in [6.07, 6.45) is 1.87. The van der Waals surface area contributed by atoms with Crippen molar-refractivity contribution in [3.63, 3.8) is 0 Å². The van der Waals surface area contributed by atoms with Crippen LogP contribution in [0.2, 0.25) is 0 Å². The molecule has 0 saturated heterocycles. The standard InChI is InChI=1S/C17H17N3O3/c1-22-15-7-12(8-16(10-15)23-2)17(21)18-11-13-9-14-5-3-4-6-20(14)19-13/h3-10H,11H2,1-2H3,(H,18,21). The highest BCUT2D eigenvalue weighted by molar-refractivity contribution is 5.95. The number of carbonyl (C=O) groups excluding carboxylic acids is 1. The Bertz CT molecular complexity index is 787. The summed E-state index contributed by atoms with van der Waals surface area (Å²) in [6, 6.07) is 12.8. The monoisotopic (exact) mass is 311 g/mol. The predicted molar refractivity (Wildman–Crippen MR) is 85.9 cm³/mol. The van der Waals surface area contributed by atoms with Gasteiger partial charge >= 0.3 is 0 Å². The average molecular weight is 311 g/mol. The second-order valence-electron chi connectivity index (χ2n) is 4.99. The molecule has 0 aliphatic carbocycles. The summed E-state index contributed by atoms with van der Waals surface area (Å²) >= 11 is 0. The van der Waals surface area contributed by atoms with Gasteiger partial charge in [0.2, 0.25) is 0 Å². The predicted octanol–water partition coefficient (Wildman–Crippen LogP) is 2.28. The second kappa shape index (κ2) is 6.39. The molecule has 0 aliphatic rings. The summed E-state index contributed by atoms with van der Waals surface area (Å²) in [5.74, 6) is 0.934. The number of carbonyl (C=O) groups is 1. The molecule has 0 spiro atoms. The van der Waals surface area contributed by atoms with Crippen molar-refractivity contribution >= 4 is 11.4 Å². The number of benzene rings is 1. The van der Waals surface area contributed by atoms with E-state index in [9.17, 15) is 4.79 Å². The number of amides is 1. The number of fused-ring (bicyclic) bond motifs is 1. The van der Waals surface area contributed by atoms with Gasteiger partial charge in [-0.2, -0.15) is 5.10 Å². The van der Waals surface area contributed by atoms with Gasteiger partial charge in [0, 0.05) is 17.8 Å². The van der Waals surface area contributed by atoms with Crippen LogP contribution in [0.25, 0.3) is 5.52 Å². The Morgan fingerprint density at radius 3 is 2.52 bits per heavy atom. The summed E-state index contributed by atoms with van der Waals surface area (Å²) in [5.41, 5.74) is 2.25. The zero-order valence-corrected chi connectivity index (χ0v) is 12.9. The second-order valence-corrected chi connectivity index (χ2v) is 4.99. The molecular weight excluding hydrogens is 294 g/mol. The maximum absolute atomic E-state index is 12.3. The maximum Gasteiger partial charge on any atom is 0.251 e. The molecule has 6 nitrogen and oxygen atoms in total. The van der Waals surface area contributed by atoms with Gasteiger partial charge in [-0.05, 0) is 30.3 Å². The van der Waals surface area contributed by atoms with Crippen LogP contribution in [0, 0.1) is 0 Å². The molecule has 1 aromatic carbocycles. The van der Waals surface area contributed by atoms with E-state index in [1.54, 1.807) is 36.9 Å². The number of nitrogens with one attached hydrogen (secondary N) is 1. The lowest BCUT2D eigenvalue weighted by Crippen LogP contribution is -2.23. The lowest BCUT2D eigenvalue weighted by atomic mass is 10.2. The number of rotatable bonds is 5. The summed E-state index contributed by atoms with van der Waals surface area (Å²) in [5, 5.41) is 7.25. The van der Waals surface area contributed by atoms with Crippen molar-refractivity contribution in [1.29, 1.82) is 0 Å². The van der Waals surface area contributed by atoms with Crippen molar-refractivity contribution in [2.45, 2.75) is 6.54 Å². The van der Waals surface area contributed by atoms with Gasteiger partial charge in [0.25, 0.3) is 5.91 Å². The van der Waals surface area contributed by atoms with Gasteiger partial charge in [0.15, 0.2) is 0 Å². The van der Waals surface area contributed by atoms with Gasteiger partial charge in [-0.1, -0.05) is 6.07 Å². The summed E-state index contributed by atoms with van der Waals surface area (Å²) < 4.78 is 12.1. The van der Waals surface area contributed by atoms with Crippen molar-refractivity contribution in [3.8, 4) is 11.5 Å². The molecule has 1 amide bonds. The SMILES string of the molecule is COc1cc(OC)cc(C(=O)NCc2cc3ccccn3n2)c1. The molecule has 2 heterocycles. The lowest BCUT2D eigenvalue weighted by Gasteiger charge is -2.08. The minimum absolute atomic E-state index is 0.209. The van der Waals surface area contributed by atoms with Crippen LogP contribution in [0.1, 0.15) is 16.1 Å². The van der Waals surface area contributed by atoms with Crippen molar-refractivity contribution in [3.05, 3.63) is 59.9 Å². The van der Waals surface area contributed by atoms with E-state index in [1.165, 1.54) is 0 Å². The molecule has 0 aliphatic heterocycles. The normalized spacial score (nSPS) is 10.5. The van der Waals surface area contributed by atoms with Gasteiger partial charge in [-0.15, -0.1) is 0 Å². The maximum atomic E-state index is 12.3. The fourth-order valence-corrected chi connectivity index (χ4v) is 2.29. The Kier molecular flexibility index (Phi) is 4.14. The molecule has 118 valence electrons. The molecule has 0 unspecified atom stereocenters. The Morgan fingerprint density at radius 2 is 1.87 bits per heavy atom. The molecular formula is C17H17N3O3. The van der Waals surface area contributed by atoms with Crippen LogP contribution < -0.4 is 14.8 Å². The van der Waals surface area contributed by atoms with Crippen LogP contribution in [0.3, 0.4) is 0 Å². The van der Waals surface area contributed by atoms with Crippen LogP contribution in [-0.2, 0) is 6.54 Å². The third-order valence-corrected chi connectivity index (χ3v) is 3.46. The van der Waals surface area contributed by atoms with E-state index in [4.69, 9.17) is 9.47 Å². The number of nitrogens with zero attached hydrogens (tertiary/aromatic N) is 2. The fourth-order valence-electron chi connectivity index (χ4n) is 2.29. The zero-order valence-electron chi connectivity index (χ0n) is 12.9. The van der Waals surface area contributed by atoms with Crippen LogP contribution in [0.5, 0.6) is 11.5 Å². The number of hydrogen-bond donors (Lipinski definition) is 1. The highest BCUT2D eigenvalue weighted by Gasteiger charge is 2.10. The minimum atomic E-state index is -0.209. The van der Waals surface area contributed by atoms with Crippen molar-refractivity contribution in [2.75, 3.05) is 14.2 Å². The summed E-state index contributed by atoms with van der Waals surface area (Å²) in [6.45, 7) is 0.347. The van der Waals surface area contributed by atoms with E-state index in [-0.39, 0.29) is 5.91 Å². The van der Waals surface area contributed by atoms with Crippen molar-refractivity contribution in [2.24, 2.45) is 0 Å². The first-order valence-corrected chi connectivity index (χ1v) is 7.14. The van der Waals surface area contributed by atoms with E-state index in [1.807, 2.05) is 30.5 Å². The van der Waals surface area contributed by atoms with E-state index < -0.39 is 0 Å². The van der Waals surface area contributed by atoms with Crippen LogP contribution in [0.15, 0.2) is 48.7 Å². The van der Waals surface area contributed by atoms with Gasteiger partial charge in [-0.25, -0.2) is 4.52 Å². The molecule has 1 N–H and O–H groups in total. The van der Waals surface area contributed by atoms with Gasteiger partial charge in [0.1, 0.15) is 11.5 Å². The fraction of sp³-hybridized carbons (Fsp3) is 0.176. The first kappa shape index (κ1) is 14.9. The largest absolute Gasteiger partial charge is 0.497 e. The third kappa shape index (κ3) is 3.26. The molecule has 3 rings (SSSR count). The molecule has 0 bridgehead atoms. The average Bonchev–Trinajstić information content (AvgIpc) is 3.02. The number of methoxy groups -OCH3 is 2. The Labute approximate surface area is 133 Å². The first-order valence-electron chi connectivity index (χ1n) is 7.14. The number of pyridine rings is 1. The molecule has 0 radical (unpaired) electrons. The number of hydrogen-bond acceptors (Lipinski definition) is 4. The Balaban J connectivity index is 1.73. The summed E-state index contributed by atoms with van der Waals surface area (Å²) in [7, 11) is 3.10. The number of aromatic nitrogens is 2. The van der Waals surface area contributed by atoms with E-state index in [0.29, 0.717) is 23.6 Å². The Hall–Kier alpha value is -3.02. The van der Waals surface area contributed by atoms with Gasteiger partial charge in [0.05, 0.1) is 32.0 Å². The zero-order chi connectivity index (χ0) is 16.2. The topological polar surface area (TPSA) is 64.9 Å². The van der Waals surface area contributed by atoms with Crippen molar-refractivity contribution in [1.82, 2.24) is 14.9 Å². The van der Waals surface area contributed by atoms with Gasteiger partial charge in [-0.3, -0.25) is 4.79 Å². The van der Waals surface area contributed by atoms with Crippen molar-refractivity contribution < 1.29 is 14.3 Å². The first-order chi connectivity index (χ1) is 11.2. The smallest absolute Gasteiger partial charge is 0.251 e. The van der Waals surface area contributed by atoms with Crippen LogP contribution >= 0.6 is 0 Å². The minimum Gasteiger partial charge on any atom is -0.497 e. The highest BCUT2D eigenvalue weighted by Crippen LogP contribution is 2.22. The highest BCUT2D eigenvalue weighted by atomic mass is 16.5. The van der Waals surface area contributed by atoms with Crippen LogP contribution in [-0.4, -0.2) is 29.7 Å². The Morgan fingerprint density at radius 1 is 1.13 bits per heavy atom. The van der Waals surface area contributed by atoms with E-state index in [0.717, 1.165) is 11.2 Å². The number of ether oxygens (including phenoxy) is 2.